The van der Waals surface area contributed by atoms with E-state index in [0.717, 1.165) is 51.6 Å². The van der Waals surface area contributed by atoms with Crippen LogP contribution in [0.5, 0.6) is 5.75 Å². The number of unbranched alkanes of at least 4 members (excludes halogenated alkanes) is 3. The van der Waals surface area contributed by atoms with Gasteiger partial charge in [-0.05, 0) is 50.6 Å². The quantitative estimate of drug-likeness (QED) is 0.108. The summed E-state index contributed by atoms with van der Waals surface area (Å²) in [5.74, 6) is 0.942. The molecule has 0 amide bonds. The Labute approximate surface area is 231 Å². The fourth-order valence-electron chi connectivity index (χ4n) is 4.71. The maximum atomic E-state index is 13.6. The third kappa shape index (κ3) is 8.63. The van der Waals surface area contributed by atoms with Gasteiger partial charge in [0, 0.05) is 42.5 Å². The van der Waals surface area contributed by atoms with Gasteiger partial charge in [0.1, 0.15) is 29.8 Å². The highest BCUT2D eigenvalue weighted by Crippen LogP contribution is 2.32. The van der Waals surface area contributed by atoms with E-state index in [9.17, 15) is 20.0 Å². The van der Waals surface area contributed by atoms with E-state index in [0.29, 0.717) is 46.6 Å². The number of Topliss-reactive ketones (excluding diaryl/α,β-unsaturated/α-hetero) is 1. The molecule has 0 aliphatic carbocycles. The predicted molar refractivity (Wildman–Crippen MR) is 154 cm³/mol. The van der Waals surface area contributed by atoms with Crippen LogP contribution in [0.2, 0.25) is 0 Å². The minimum absolute atomic E-state index is 0.0383. The first-order chi connectivity index (χ1) is 18.9. The van der Waals surface area contributed by atoms with Gasteiger partial charge in [0.05, 0.1) is 10.5 Å². The Morgan fingerprint density at radius 1 is 1.05 bits per heavy atom. The number of nitrogens with zero attached hydrogens (tertiary/aromatic N) is 2. The number of aryl methyl sites for hydroxylation is 1. The van der Waals surface area contributed by atoms with E-state index in [4.69, 9.17) is 9.15 Å². The fourth-order valence-corrected chi connectivity index (χ4v) is 4.71. The highest BCUT2D eigenvalue weighted by molar-refractivity contribution is 6.02. The zero-order valence-corrected chi connectivity index (χ0v) is 23.5. The first-order valence-electron chi connectivity index (χ1n) is 14.2. The van der Waals surface area contributed by atoms with E-state index < -0.39 is 11.0 Å². The Balaban J connectivity index is 1.77. The number of carbonyl (C=O) groups excluding carboxylic acids is 1. The van der Waals surface area contributed by atoms with Crippen LogP contribution in [0.15, 0.2) is 46.9 Å². The lowest BCUT2D eigenvalue weighted by atomic mass is 9.98. The van der Waals surface area contributed by atoms with Gasteiger partial charge in [-0.15, -0.1) is 0 Å². The molecule has 8 nitrogen and oxygen atoms in total. The standard InChI is InChI=1S/C31H42N2O6/c1-4-7-13-30-27(26-19-23(33(36)37)15-16-31(26)39-30)20-28(35)25-12-10-11-14-29(25)38-22-24(34)21-32(17-8-5-2)18-9-6-3/h10-12,14-16,19,24,34H,4-9,13,17-18,20-22H2,1-3H3. The number of carbonyl (C=O) groups is 1. The lowest BCUT2D eigenvalue weighted by Gasteiger charge is -2.25. The third-order valence-corrected chi connectivity index (χ3v) is 6.91. The minimum Gasteiger partial charge on any atom is -0.490 e. The Morgan fingerprint density at radius 3 is 2.41 bits per heavy atom. The number of furan rings is 1. The van der Waals surface area contributed by atoms with Crippen LogP contribution in [0.1, 0.15) is 81.0 Å². The summed E-state index contributed by atoms with van der Waals surface area (Å²) in [4.78, 5) is 26.8. The third-order valence-electron chi connectivity index (χ3n) is 6.91. The molecule has 0 fully saturated rings. The molecular weight excluding hydrogens is 496 g/mol. The molecule has 0 spiro atoms. The number of aliphatic hydroxyl groups excluding tert-OH is 1. The van der Waals surface area contributed by atoms with Crippen molar-refractivity contribution >= 4 is 22.4 Å². The molecule has 0 aliphatic rings. The summed E-state index contributed by atoms with van der Waals surface area (Å²) in [5.41, 5.74) is 1.60. The molecule has 0 saturated carbocycles. The average molecular weight is 539 g/mol. The molecule has 3 rings (SSSR count). The molecule has 0 bridgehead atoms. The molecule has 8 heteroatoms. The van der Waals surface area contributed by atoms with E-state index in [-0.39, 0.29) is 24.5 Å². The molecule has 1 atom stereocenters. The highest BCUT2D eigenvalue weighted by Gasteiger charge is 2.22. The zero-order valence-electron chi connectivity index (χ0n) is 23.5. The number of ether oxygens (including phenoxy) is 1. The van der Waals surface area contributed by atoms with Crippen molar-refractivity contribution in [2.24, 2.45) is 0 Å². The van der Waals surface area contributed by atoms with Crippen molar-refractivity contribution < 1.29 is 24.0 Å². The van der Waals surface area contributed by atoms with Gasteiger partial charge in [-0.25, -0.2) is 0 Å². The molecule has 1 heterocycles. The summed E-state index contributed by atoms with van der Waals surface area (Å²) in [6.45, 7) is 8.89. The van der Waals surface area contributed by atoms with Gasteiger partial charge in [-0.1, -0.05) is 52.2 Å². The van der Waals surface area contributed by atoms with Crippen LogP contribution < -0.4 is 4.74 Å². The van der Waals surface area contributed by atoms with Crippen molar-refractivity contribution in [2.45, 2.75) is 78.2 Å². The maximum absolute atomic E-state index is 13.6. The van der Waals surface area contributed by atoms with Crippen LogP contribution in [-0.2, 0) is 12.8 Å². The topological polar surface area (TPSA) is 106 Å². The van der Waals surface area contributed by atoms with Crippen LogP contribution in [0.4, 0.5) is 5.69 Å². The second-order valence-electron chi connectivity index (χ2n) is 10.1. The van der Waals surface area contributed by atoms with Gasteiger partial charge in [0.15, 0.2) is 5.78 Å². The Hall–Kier alpha value is -3.23. The van der Waals surface area contributed by atoms with Crippen LogP contribution in [0.3, 0.4) is 0 Å². The molecule has 1 aromatic heterocycles. The Bertz CT molecular complexity index is 1210. The first-order valence-corrected chi connectivity index (χ1v) is 14.2. The smallest absolute Gasteiger partial charge is 0.270 e. The van der Waals surface area contributed by atoms with Gasteiger partial charge in [-0.3, -0.25) is 14.9 Å². The zero-order chi connectivity index (χ0) is 28.2. The number of aliphatic hydroxyl groups is 1. The number of hydrogen-bond donors (Lipinski definition) is 1. The van der Waals surface area contributed by atoms with Crippen molar-refractivity contribution in [3.05, 3.63) is 69.5 Å². The summed E-state index contributed by atoms with van der Waals surface area (Å²) < 4.78 is 12.0. The van der Waals surface area contributed by atoms with E-state index in [1.807, 2.05) is 0 Å². The number of ketones is 1. The largest absolute Gasteiger partial charge is 0.490 e. The summed E-state index contributed by atoms with van der Waals surface area (Å²) in [6, 6.07) is 11.5. The van der Waals surface area contributed by atoms with E-state index in [1.165, 1.54) is 12.1 Å². The van der Waals surface area contributed by atoms with Crippen molar-refractivity contribution in [2.75, 3.05) is 26.2 Å². The number of para-hydroxylation sites is 1. The summed E-state index contributed by atoms with van der Waals surface area (Å²) >= 11 is 0. The maximum Gasteiger partial charge on any atom is 0.270 e. The lowest BCUT2D eigenvalue weighted by molar-refractivity contribution is -0.384. The van der Waals surface area contributed by atoms with Gasteiger partial charge >= 0.3 is 0 Å². The molecule has 1 unspecified atom stereocenters. The van der Waals surface area contributed by atoms with Gasteiger partial charge in [0.2, 0.25) is 0 Å². The number of nitro groups is 1. The monoisotopic (exact) mass is 538 g/mol. The van der Waals surface area contributed by atoms with E-state index >= 15 is 0 Å². The van der Waals surface area contributed by atoms with Crippen molar-refractivity contribution in [3.8, 4) is 5.75 Å². The van der Waals surface area contributed by atoms with E-state index in [2.05, 4.69) is 25.7 Å². The molecule has 3 aromatic rings. The van der Waals surface area contributed by atoms with Gasteiger partial charge < -0.3 is 19.2 Å². The summed E-state index contributed by atoms with van der Waals surface area (Å²) in [6.07, 6.45) is 6.22. The SMILES string of the molecule is CCCCc1oc2ccc([N+](=O)[O-])cc2c1CC(=O)c1ccccc1OCC(O)CN(CCCC)CCCC. The van der Waals surface area contributed by atoms with Gasteiger partial charge in [-0.2, -0.15) is 0 Å². The molecule has 0 saturated heterocycles. The number of non-ortho nitro benzene ring substituents is 1. The molecule has 0 aliphatic heterocycles. The molecule has 212 valence electrons. The second-order valence-corrected chi connectivity index (χ2v) is 10.1. The summed E-state index contributed by atoms with van der Waals surface area (Å²) in [5, 5.41) is 22.7. The fraction of sp³-hybridized carbons (Fsp3) is 0.516. The molecule has 1 N–H and O–H groups in total. The van der Waals surface area contributed by atoms with Crippen molar-refractivity contribution in [1.29, 1.82) is 0 Å². The minimum atomic E-state index is -0.680. The summed E-state index contributed by atoms with van der Waals surface area (Å²) in [7, 11) is 0. The molecule has 0 radical (unpaired) electrons. The van der Waals surface area contributed by atoms with Crippen LogP contribution in [0, 0.1) is 10.1 Å². The lowest BCUT2D eigenvalue weighted by Crippen LogP contribution is -2.37. The van der Waals surface area contributed by atoms with Crippen LogP contribution in [-0.4, -0.2) is 53.1 Å². The van der Waals surface area contributed by atoms with Crippen molar-refractivity contribution in [3.63, 3.8) is 0 Å². The van der Waals surface area contributed by atoms with E-state index in [1.54, 1.807) is 30.3 Å². The first kappa shape index (κ1) is 30.3. The molecular formula is C31H42N2O6. The Morgan fingerprint density at radius 2 is 1.74 bits per heavy atom. The second kappa shape index (κ2) is 15.4. The van der Waals surface area contributed by atoms with Crippen LogP contribution >= 0.6 is 0 Å². The number of nitro benzene ring substituents is 1. The number of rotatable bonds is 18. The van der Waals surface area contributed by atoms with Gasteiger partial charge in [0.25, 0.3) is 5.69 Å². The normalized spacial score (nSPS) is 12.2. The van der Waals surface area contributed by atoms with Crippen LogP contribution in [0.25, 0.3) is 11.0 Å². The number of hydrogen-bond acceptors (Lipinski definition) is 7. The highest BCUT2D eigenvalue weighted by atomic mass is 16.6. The van der Waals surface area contributed by atoms with Crippen molar-refractivity contribution in [1.82, 2.24) is 4.90 Å². The Kier molecular flexibility index (Phi) is 12.0. The molecule has 39 heavy (non-hydrogen) atoms. The number of benzene rings is 2. The predicted octanol–water partition coefficient (Wildman–Crippen LogP) is 6.75. The average Bonchev–Trinajstić information content (AvgIpc) is 3.28. The molecule has 2 aromatic carbocycles. The number of fused-ring (bicyclic) bond motifs is 1.